The summed E-state index contributed by atoms with van der Waals surface area (Å²) >= 11 is 13.6. The van der Waals surface area contributed by atoms with Gasteiger partial charge in [0.2, 0.25) is 5.95 Å². The molecule has 0 aliphatic carbocycles. The van der Waals surface area contributed by atoms with Crippen LogP contribution in [0.1, 0.15) is 9.67 Å². The van der Waals surface area contributed by atoms with Gasteiger partial charge in [-0.05, 0) is 24.3 Å². The van der Waals surface area contributed by atoms with E-state index in [9.17, 15) is 4.79 Å². The third kappa shape index (κ3) is 2.97. The van der Waals surface area contributed by atoms with Gasteiger partial charge in [0.25, 0.3) is 5.91 Å². The van der Waals surface area contributed by atoms with E-state index in [0.29, 0.717) is 31.4 Å². The summed E-state index contributed by atoms with van der Waals surface area (Å²) < 4.78 is 0. The van der Waals surface area contributed by atoms with E-state index in [1.165, 1.54) is 11.3 Å². The number of nitrogens with one attached hydrogen (secondary N) is 2. The Hall–Kier alpha value is -1.89. The van der Waals surface area contributed by atoms with Gasteiger partial charge >= 0.3 is 0 Å². The van der Waals surface area contributed by atoms with Gasteiger partial charge in [0, 0.05) is 30.1 Å². The number of rotatable bonds is 3. The molecule has 0 unspecified atom stereocenters. The summed E-state index contributed by atoms with van der Waals surface area (Å²) in [5.41, 5.74) is 1.40. The fourth-order valence-corrected chi connectivity index (χ4v) is 3.63. The summed E-state index contributed by atoms with van der Waals surface area (Å²) in [6.45, 7) is 0. The number of carbonyl (C=O) groups excluding carboxylic acids is 1. The molecule has 118 valence electrons. The lowest BCUT2D eigenvalue weighted by atomic mass is 10.1. The maximum Gasteiger partial charge on any atom is 0.261 e. The van der Waals surface area contributed by atoms with Crippen molar-refractivity contribution in [3.63, 3.8) is 0 Å². The minimum Gasteiger partial charge on any atom is -0.357 e. The number of carbonyl (C=O) groups is 1. The Morgan fingerprint density at radius 2 is 1.96 bits per heavy atom. The smallest absolute Gasteiger partial charge is 0.261 e. The van der Waals surface area contributed by atoms with Crippen molar-refractivity contribution in [2.45, 2.75) is 0 Å². The molecule has 3 aromatic rings. The average Bonchev–Trinajstić information content (AvgIpc) is 2.97. The number of hydrogen-bond donors (Lipinski definition) is 2. The topological polar surface area (TPSA) is 66.9 Å². The zero-order valence-electron chi connectivity index (χ0n) is 12.3. The molecular formula is C15H12Cl2N4OS. The van der Waals surface area contributed by atoms with E-state index in [0.717, 1.165) is 10.9 Å². The summed E-state index contributed by atoms with van der Waals surface area (Å²) in [5.74, 6) is 0.302. The molecule has 0 aliphatic heterocycles. The van der Waals surface area contributed by atoms with Gasteiger partial charge in [0.15, 0.2) is 0 Å². The molecule has 0 spiro atoms. The maximum absolute atomic E-state index is 11.9. The third-order valence-electron chi connectivity index (χ3n) is 3.25. The second-order valence-electron chi connectivity index (χ2n) is 4.68. The molecule has 5 nitrogen and oxygen atoms in total. The maximum atomic E-state index is 11.9. The number of amides is 1. The number of benzene rings is 1. The van der Waals surface area contributed by atoms with Crippen molar-refractivity contribution in [2.75, 3.05) is 19.4 Å². The molecule has 8 heteroatoms. The molecule has 23 heavy (non-hydrogen) atoms. The third-order valence-corrected chi connectivity index (χ3v) is 4.83. The van der Waals surface area contributed by atoms with Crippen molar-refractivity contribution in [3.05, 3.63) is 39.2 Å². The van der Waals surface area contributed by atoms with Gasteiger partial charge in [0.05, 0.1) is 15.6 Å². The second-order valence-corrected chi connectivity index (χ2v) is 6.55. The first-order valence-corrected chi connectivity index (χ1v) is 8.27. The van der Waals surface area contributed by atoms with E-state index in [1.54, 1.807) is 32.3 Å². The summed E-state index contributed by atoms with van der Waals surface area (Å²) in [5, 5.41) is 7.36. The van der Waals surface area contributed by atoms with Crippen LogP contribution in [0.2, 0.25) is 10.0 Å². The van der Waals surface area contributed by atoms with Crippen LogP contribution < -0.4 is 10.6 Å². The number of halogens is 2. The van der Waals surface area contributed by atoms with Crippen molar-refractivity contribution >= 4 is 56.6 Å². The van der Waals surface area contributed by atoms with Crippen LogP contribution in [-0.2, 0) is 0 Å². The summed E-state index contributed by atoms with van der Waals surface area (Å²) in [6, 6.07) is 7.00. The quantitative estimate of drug-likeness (QED) is 0.733. The molecule has 2 N–H and O–H groups in total. The highest BCUT2D eigenvalue weighted by Gasteiger charge is 2.17. The van der Waals surface area contributed by atoms with Gasteiger partial charge < -0.3 is 10.6 Å². The lowest BCUT2D eigenvalue weighted by molar-refractivity contribution is 0.0967. The van der Waals surface area contributed by atoms with Crippen LogP contribution in [-0.4, -0.2) is 30.0 Å². The number of thiophene rings is 1. The van der Waals surface area contributed by atoms with E-state index in [2.05, 4.69) is 20.6 Å². The fraction of sp³-hybridized carbons (Fsp3) is 0.133. The van der Waals surface area contributed by atoms with Crippen LogP contribution in [0.3, 0.4) is 0 Å². The van der Waals surface area contributed by atoms with Crippen LogP contribution in [0, 0.1) is 0 Å². The SMILES string of the molecule is CNC(=O)c1cc2c(-c3ccc(Cl)cc3Cl)nc(NC)nc2s1. The Balaban J connectivity index is 2.29. The predicted octanol–water partition coefficient (Wildman–Crippen LogP) is 4.07. The van der Waals surface area contributed by atoms with Gasteiger partial charge in [-0.2, -0.15) is 0 Å². The van der Waals surface area contributed by atoms with E-state index < -0.39 is 0 Å². The number of aromatic nitrogens is 2. The van der Waals surface area contributed by atoms with Gasteiger partial charge in [-0.15, -0.1) is 11.3 Å². The van der Waals surface area contributed by atoms with Crippen LogP contribution in [0.15, 0.2) is 24.3 Å². The van der Waals surface area contributed by atoms with E-state index in [4.69, 9.17) is 23.2 Å². The highest BCUT2D eigenvalue weighted by Crippen LogP contribution is 2.36. The molecule has 0 atom stereocenters. The zero-order chi connectivity index (χ0) is 16.6. The first-order valence-electron chi connectivity index (χ1n) is 6.70. The van der Waals surface area contributed by atoms with Crippen molar-refractivity contribution in [2.24, 2.45) is 0 Å². The molecule has 2 heterocycles. The monoisotopic (exact) mass is 366 g/mol. The van der Waals surface area contributed by atoms with Crippen LogP contribution >= 0.6 is 34.5 Å². The average molecular weight is 367 g/mol. The summed E-state index contributed by atoms with van der Waals surface area (Å²) in [4.78, 5) is 22.1. The lowest BCUT2D eigenvalue weighted by Crippen LogP contribution is -2.15. The minimum absolute atomic E-state index is 0.160. The first-order chi connectivity index (χ1) is 11.0. The van der Waals surface area contributed by atoms with Crippen LogP contribution in [0.5, 0.6) is 0 Å². The Bertz CT molecular complexity index is 910. The fourth-order valence-electron chi connectivity index (χ4n) is 2.16. The second kappa shape index (κ2) is 6.31. The summed E-state index contributed by atoms with van der Waals surface area (Å²) in [7, 11) is 3.33. The lowest BCUT2D eigenvalue weighted by Gasteiger charge is -2.07. The minimum atomic E-state index is -0.160. The first kappa shape index (κ1) is 16.0. The molecule has 0 saturated heterocycles. The molecule has 1 amide bonds. The number of nitrogens with zero attached hydrogens (tertiary/aromatic N) is 2. The number of hydrogen-bond acceptors (Lipinski definition) is 5. The highest BCUT2D eigenvalue weighted by molar-refractivity contribution is 7.20. The van der Waals surface area contributed by atoms with Crippen molar-refractivity contribution in [1.82, 2.24) is 15.3 Å². The molecule has 0 fully saturated rings. The van der Waals surface area contributed by atoms with E-state index in [1.807, 2.05) is 6.07 Å². The van der Waals surface area contributed by atoms with Gasteiger partial charge in [0.1, 0.15) is 4.83 Å². The van der Waals surface area contributed by atoms with Crippen LogP contribution in [0.4, 0.5) is 5.95 Å². The standard InChI is InChI=1S/C15H12Cl2N4OS/c1-18-13(22)11-6-9-12(8-4-3-7(16)5-10(8)17)20-15(19-2)21-14(9)23-11/h3-6H,1-2H3,(H,18,22)(H,19,20,21). The Morgan fingerprint density at radius 1 is 1.17 bits per heavy atom. The van der Waals surface area contributed by atoms with Gasteiger partial charge in [-0.25, -0.2) is 9.97 Å². The van der Waals surface area contributed by atoms with Gasteiger partial charge in [-0.3, -0.25) is 4.79 Å². The van der Waals surface area contributed by atoms with Crippen molar-refractivity contribution in [1.29, 1.82) is 0 Å². The zero-order valence-corrected chi connectivity index (χ0v) is 14.6. The number of anilines is 1. The predicted molar refractivity (Wildman–Crippen MR) is 95.8 cm³/mol. The summed E-state index contributed by atoms with van der Waals surface area (Å²) in [6.07, 6.45) is 0. The molecule has 3 rings (SSSR count). The molecule has 1 aromatic carbocycles. The van der Waals surface area contributed by atoms with Crippen molar-refractivity contribution in [3.8, 4) is 11.3 Å². The van der Waals surface area contributed by atoms with Crippen LogP contribution in [0.25, 0.3) is 21.5 Å². The highest BCUT2D eigenvalue weighted by atomic mass is 35.5. The Morgan fingerprint density at radius 3 is 2.61 bits per heavy atom. The van der Waals surface area contributed by atoms with Gasteiger partial charge in [-0.1, -0.05) is 23.2 Å². The Labute approximate surface area is 146 Å². The largest absolute Gasteiger partial charge is 0.357 e. The molecule has 0 radical (unpaired) electrons. The molecule has 0 aliphatic rings. The Kier molecular flexibility index (Phi) is 4.39. The molecule has 2 aromatic heterocycles. The molecule has 0 bridgehead atoms. The van der Waals surface area contributed by atoms with E-state index >= 15 is 0 Å². The molecule has 0 saturated carbocycles. The van der Waals surface area contributed by atoms with E-state index in [-0.39, 0.29) is 5.91 Å². The normalized spacial score (nSPS) is 10.8. The van der Waals surface area contributed by atoms with Crippen molar-refractivity contribution < 1.29 is 4.79 Å². The molecular weight excluding hydrogens is 355 g/mol. The number of fused-ring (bicyclic) bond motifs is 1.